The molecule has 1 aromatic heterocycles. The molecule has 0 saturated heterocycles. The highest BCUT2D eigenvalue weighted by molar-refractivity contribution is 4.71. The maximum atomic E-state index is 11.4. The molecule has 31 valence electrons. The second-order valence-electron chi connectivity index (χ2n) is 0.833. The summed E-state index contributed by atoms with van der Waals surface area (Å²) in [7, 11) is 0. The normalized spacial score (nSPS) is 8.83. The Kier molecular flexibility index (Phi) is 0.602. The Bertz CT molecular complexity index is 112. The van der Waals surface area contributed by atoms with Gasteiger partial charge >= 0.3 is 0 Å². The van der Waals surface area contributed by atoms with Gasteiger partial charge in [0, 0.05) is 0 Å². The van der Waals surface area contributed by atoms with Crippen LogP contribution in [0.1, 0.15) is 0 Å². The third kappa shape index (κ3) is 0.381. The number of hydrogen-bond donors (Lipinski definition) is 0. The van der Waals surface area contributed by atoms with E-state index in [0.29, 0.717) is 0 Å². The van der Waals surface area contributed by atoms with Gasteiger partial charge in [0.2, 0.25) is 0 Å². The van der Waals surface area contributed by atoms with Crippen LogP contribution in [-0.2, 0) is 0 Å². The third-order valence-electron chi connectivity index (χ3n) is 0.425. The zero-order chi connectivity index (χ0) is 4.41. The molecule has 0 bridgehead atoms. The van der Waals surface area contributed by atoms with Crippen LogP contribution < -0.4 is 0 Å². The van der Waals surface area contributed by atoms with E-state index in [1.165, 1.54) is 12.3 Å². The number of rotatable bonds is 0. The second kappa shape index (κ2) is 1.08. The van der Waals surface area contributed by atoms with E-state index >= 15 is 0 Å². The highest BCUT2D eigenvalue weighted by Gasteiger charge is 1.75. The largest absolute Gasteiger partial charge is 0.141 e. The SMILES string of the molecule is Fn1cc[c]n1. The van der Waals surface area contributed by atoms with E-state index in [-0.39, 0.29) is 4.90 Å². The summed E-state index contributed by atoms with van der Waals surface area (Å²) in [6, 6.07) is 1.39. The monoisotopic (exact) mass is 85.0 g/mol. The predicted octanol–water partition coefficient (Wildman–Crippen LogP) is 0.416. The molecule has 0 aliphatic carbocycles. The summed E-state index contributed by atoms with van der Waals surface area (Å²) in [6.07, 6.45) is 3.43. The zero-order valence-electron chi connectivity index (χ0n) is 2.93. The molecule has 0 saturated carbocycles. The molecule has 1 rings (SSSR count). The molecule has 2 nitrogen and oxygen atoms in total. The molecule has 0 aliphatic heterocycles. The van der Waals surface area contributed by atoms with Gasteiger partial charge in [0.05, 0.1) is 6.20 Å². The van der Waals surface area contributed by atoms with E-state index in [9.17, 15) is 4.48 Å². The van der Waals surface area contributed by atoms with Crippen molar-refractivity contribution >= 4 is 0 Å². The molecular weight excluding hydrogens is 83.0 g/mol. The molecule has 0 N–H and O–H groups in total. The lowest BCUT2D eigenvalue weighted by atomic mass is 10.8. The van der Waals surface area contributed by atoms with Crippen LogP contribution in [-0.4, -0.2) is 10.0 Å². The number of aromatic nitrogens is 2. The van der Waals surface area contributed by atoms with Crippen LogP contribution in [0.15, 0.2) is 12.3 Å². The van der Waals surface area contributed by atoms with E-state index in [1.54, 1.807) is 0 Å². The molecule has 6 heavy (non-hydrogen) atoms. The lowest BCUT2D eigenvalue weighted by molar-refractivity contribution is 0.316. The lowest BCUT2D eigenvalue weighted by Gasteiger charge is -1.69. The molecule has 0 atom stereocenters. The van der Waals surface area contributed by atoms with Crippen LogP contribution in [0.25, 0.3) is 0 Å². The van der Waals surface area contributed by atoms with Crippen molar-refractivity contribution in [1.82, 2.24) is 10.0 Å². The van der Waals surface area contributed by atoms with Crippen molar-refractivity contribution in [2.24, 2.45) is 0 Å². The van der Waals surface area contributed by atoms with Crippen molar-refractivity contribution in [2.45, 2.75) is 0 Å². The average molecular weight is 85.1 g/mol. The van der Waals surface area contributed by atoms with Gasteiger partial charge in [-0.3, -0.25) is 0 Å². The summed E-state index contributed by atoms with van der Waals surface area (Å²) in [5.74, 6) is 0. The van der Waals surface area contributed by atoms with Gasteiger partial charge in [-0.25, -0.2) is 0 Å². The van der Waals surface area contributed by atoms with E-state index in [0.717, 1.165) is 0 Å². The molecule has 0 fully saturated rings. The fourth-order valence-corrected chi connectivity index (χ4v) is 0.217. The average Bonchev–Trinajstić information content (AvgIpc) is 1.86. The first-order chi connectivity index (χ1) is 2.89. The first-order valence-corrected chi connectivity index (χ1v) is 1.47. The van der Waals surface area contributed by atoms with Gasteiger partial charge in [-0.15, -0.1) is 10.0 Å². The predicted molar refractivity (Wildman–Crippen MR) is 17.6 cm³/mol. The van der Waals surface area contributed by atoms with Crippen molar-refractivity contribution in [1.29, 1.82) is 0 Å². The first-order valence-electron chi connectivity index (χ1n) is 1.47. The fraction of sp³-hybridized carbons (Fsp3) is 0. The minimum Gasteiger partial charge on any atom is -0.141 e. The van der Waals surface area contributed by atoms with Gasteiger partial charge in [-0.2, -0.15) is 0 Å². The molecule has 3 heteroatoms. The van der Waals surface area contributed by atoms with Crippen molar-refractivity contribution in [3.63, 3.8) is 0 Å². The number of nitrogens with zero attached hydrogens (tertiary/aromatic N) is 2. The molecule has 0 amide bonds. The Balaban J connectivity index is 3.05. The van der Waals surface area contributed by atoms with Crippen LogP contribution in [0.5, 0.6) is 0 Å². The number of hydrogen-bond acceptors (Lipinski definition) is 1. The minimum absolute atomic E-state index is 0.194. The molecular formula is C3H2FN2. The van der Waals surface area contributed by atoms with Crippen LogP contribution in [0, 0.1) is 6.20 Å². The van der Waals surface area contributed by atoms with Gasteiger partial charge < -0.3 is 0 Å². The summed E-state index contributed by atoms with van der Waals surface area (Å²) >= 11 is 0. The smallest absolute Gasteiger partial charge is 0.116 e. The van der Waals surface area contributed by atoms with Gasteiger partial charge in [0.25, 0.3) is 0 Å². The summed E-state index contributed by atoms with van der Waals surface area (Å²) < 4.78 is 11.4. The van der Waals surface area contributed by atoms with Crippen molar-refractivity contribution in [2.75, 3.05) is 0 Å². The Labute approximate surface area is 34.1 Å². The fourth-order valence-electron chi connectivity index (χ4n) is 0.217. The van der Waals surface area contributed by atoms with Crippen molar-refractivity contribution in [3.05, 3.63) is 18.5 Å². The van der Waals surface area contributed by atoms with E-state index in [2.05, 4.69) is 11.3 Å². The van der Waals surface area contributed by atoms with Gasteiger partial charge in [0.1, 0.15) is 6.20 Å². The maximum absolute atomic E-state index is 11.4. The van der Waals surface area contributed by atoms with E-state index < -0.39 is 0 Å². The van der Waals surface area contributed by atoms with Gasteiger partial charge in [0.15, 0.2) is 0 Å². The standard InChI is InChI=1S/C3H2FN2/c4-6-3-1-2-5-6/h1,3H. The molecule has 1 radical (unpaired) electrons. The topological polar surface area (TPSA) is 17.8 Å². The third-order valence-corrected chi connectivity index (χ3v) is 0.425. The Morgan fingerprint density at radius 3 is 2.83 bits per heavy atom. The van der Waals surface area contributed by atoms with Crippen LogP contribution in [0.2, 0.25) is 0 Å². The Hall–Kier alpha value is -0.860. The quantitative estimate of drug-likeness (QED) is 0.446. The summed E-state index contributed by atoms with van der Waals surface area (Å²) in [4.78, 5) is 0.194. The van der Waals surface area contributed by atoms with Crippen LogP contribution >= 0.6 is 0 Å². The first kappa shape index (κ1) is 3.33. The minimum atomic E-state index is 0.194. The second-order valence-corrected chi connectivity index (χ2v) is 0.833. The summed E-state index contributed by atoms with van der Waals surface area (Å²) in [6.45, 7) is 0. The summed E-state index contributed by atoms with van der Waals surface area (Å²) in [5, 5.41) is 3.04. The molecule has 0 unspecified atom stereocenters. The molecule has 0 aliphatic rings. The van der Waals surface area contributed by atoms with E-state index in [4.69, 9.17) is 0 Å². The van der Waals surface area contributed by atoms with Crippen LogP contribution in [0.4, 0.5) is 4.48 Å². The number of halogens is 1. The summed E-state index contributed by atoms with van der Waals surface area (Å²) in [5.41, 5.74) is 0. The van der Waals surface area contributed by atoms with Crippen LogP contribution in [0.3, 0.4) is 0 Å². The van der Waals surface area contributed by atoms with E-state index in [1.807, 2.05) is 0 Å². The maximum Gasteiger partial charge on any atom is 0.116 e. The molecule has 1 aromatic rings. The van der Waals surface area contributed by atoms with Crippen molar-refractivity contribution < 1.29 is 4.48 Å². The lowest BCUT2D eigenvalue weighted by Crippen LogP contribution is -1.76. The molecule has 0 aromatic carbocycles. The Morgan fingerprint density at radius 1 is 1.83 bits per heavy atom. The Morgan fingerprint density at radius 2 is 2.67 bits per heavy atom. The highest BCUT2D eigenvalue weighted by atomic mass is 19.2. The molecule has 1 heterocycles. The van der Waals surface area contributed by atoms with Gasteiger partial charge in [-0.05, 0) is 6.07 Å². The molecule has 0 spiro atoms. The van der Waals surface area contributed by atoms with Gasteiger partial charge in [-0.1, -0.05) is 4.48 Å². The van der Waals surface area contributed by atoms with Crippen molar-refractivity contribution in [3.8, 4) is 0 Å². The highest BCUT2D eigenvalue weighted by Crippen LogP contribution is 1.76. The zero-order valence-corrected chi connectivity index (χ0v) is 2.93.